The van der Waals surface area contributed by atoms with Gasteiger partial charge < -0.3 is 5.32 Å². The molecule has 0 fully saturated rings. The highest BCUT2D eigenvalue weighted by Gasteiger charge is 2.11. The maximum absolute atomic E-state index is 11.8. The van der Waals surface area contributed by atoms with Gasteiger partial charge in [0, 0.05) is 18.5 Å². The second-order valence-electron chi connectivity index (χ2n) is 4.44. The summed E-state index contributed by atoms with van der Waals surface area (Å²) in [5.41, 5.74) is 1.87. The Bertz CT molecular complexity index is 619. The van der Waals surface area contributed by atoms with E-state index in [-0.39, 0.29) is 24.5 Å². The van der Waals surface area contributed by atoms with Crippen molar-refractivity contribution in [3.05, 3.63) is 51.2 Å². The van der Waals surface area contributed by atoms with E-state index in [2.05, 4.69) is 5.32 Å². The van der Waals surface area contributed by atoms with Crippen molar-refractivity contribution in [2.24, 2.45) is 0 Å². The normalized spacial score (nSPS) is 10.3. The first-order chi connectivity index (χ1) is 9.54. The lowest BCUT2D eigenvalue weighted by molar-refractivity contribution is -0.116. The number of Topliss-reactive ketones (excluding diaryl/α,β-unsaturated/α-hetero) is 1. The smallest absolute Gasteiger partial charge is 0.224 e. The molecule has 1 amide bonds. The molecule has 0 saturated heterocycles. The van der Waals surface area contributed by atoms with Gasteiger partial charge in [0.25, 0.3) is 0 Å². The van der Waals surface area contributed by atoms with Crippen LogP contribution in [-0.4, -0.2) is 11.7 Å². The average Bonchev–Trinajstić information content (AvgIpc) is 2.85. The standard InChI is InChI=1S/C15H14ClNO2S/c1-10-2-4-11(5-3-10)17-15(19)9-6-12(18)13-7-8-14(16)20-13/h2-5,7-8H,6,9H2,1H3,(H,17,19). The molecule has 0 spiro atoms. The van der Waals surface area contributed by atoms with Gasteiger partial charge in [-0.05, 0) is 31.2 Å². The Morgan fingerprint density at radius 3 is 2.40 bits per heavy atom. The van der Waals surface area contributed by atoms with Gasteiger partial charge in [-0.2, -0.15) is 0 Å². The average molecular weight is 308 g/mol. The summed E-state index contributed by atoms with van der Waals surface area (Å²) in [5.74, 6) is -0.217. The number of carbonyl (C=O) groups excluding carboxylic acids is 2. The van der Waals surface area contributed by atoms with E-state index >= 15 is 0 Å². The third-order valence-corrected chi connectivity index (χ3v) is 4.03. The molecule has 0 radical (unpaired) electrons. The summed E-state index contributed by atoms with van der Waals surface area (Å²) in [5, 5.41) is 2.77. The molecule has 1 heterocycles. The first kappa shape index (κ1) is 14.8. The van der Waals surface area contributed by atoms with Crippen LogP contribution in [0, 0.1) is 6.92 Å². The first-order valence-electron chi connectivity index (χ1n) is 6.19. The molecule has 1 aromatic heterocycles. The monoisotopic (exact) mass is 307 g/mol. The molecule has 1 N–H and O–H groups in total. The molecule has 5 heteroatoms. The summed E-state index contributed by atoms with van der Waals surface area (Å²) >= 11 is 7.01. The Morgan fingerprint density at radius 2 is 1.80 bits per heavy atom. The molecule has 104 valence electrons. The van der Waals surface area contributed by atoms with Crippen molar-refractivity contribution in [2.75, 3.05) is 5.32 Å². The molecule has 20 heavy (non-hydrogen) atoms. The fraction of sp³-hybridized carbons (Fsp3) is 0.200. The number of halogens is 1. The molecular weight excluding hydrogens is 294 g/mol. The largest absolute Gasteiger partial charge is 0.326 e. The zero-order valence-corrected chi connectivity index (χ0v) is 12.6. The molecule has 0 aliphatic carbocycles. The van der Waals surface area contributed by atoms with Gasteiger partial charge in [-0.25, -0.2) is 0 Å². The number of nitrogens with one attached hydrogen (secondary N) is 1. The van der Waals surface area contributed by atoms with E-state index in [0.29, 0.717) is 9.21 Å². The van der Waals surface area contributed by atoms with Crippen LogP contribution in [-0.2, 0) is 4.79 Å². The summed E-state index contributed by atoms with van der Waals surface area (Å²) in [6, 6.07) is 10.9. The first-order valence-corrected chi connectivity index (χ1v) is 7.39. The molecule has 3 nitrogen and oxygen atoms in total. The van der Waals surface area contributed by atoms with E-state index in [1.165, 1.54) is 11.3 Å². The zero-order valence-electron chi connectivity index (χ0n) is 11.0. The number of hydrogen-bond acceptors (Lipinski definition) is 3. The number of hydrogen-bond donors (Lipinski definition) is 1. The predicted octanol–water partition coefficient (Wildman–Crippen LogP) is 4.31. The van der Waals surface area contributed by atoms with E-state index in [0.717, 1.165) is 11.3 Å². The molecule has 2 aromatic rings. The van der Waals surface area contributed by atoms with Gasteiger partial charge in [0.15, 0.2) is 5.78 Å². The van der Waals surface area contributed by atoms with Gasteiger partial charge in [-0.3, -0.25) is 9.59 Å². The van der Waals surface area contributed by atoms with Gasteiger partial charge in [0.05, 0.1) is 9.21 Å². The SMILES string of the molecule is Cc1ccc(NC(=O)CCC(=O)c2ccc(Cl)s2)cc1. The molecule has 1 aromatic carbocycles. The van der Waals surface area contributed by atoms with Gasteiger partial charge >= 0.3 is 0 Å². The van der Waals surface area contributed by atoms with Gasteiger partial charge in [-0.1, -0.05) is 29.3 Å². The highest BCUT2D eigenvalue weighted by Crippen LogP contribution is 2.23. The Morgan fingerprint density at radius 1 is 1.10 bits per heavy atom. The van der Waals surface area contributed by atoms with Crippen LogP contribution in [0.5, 0.6) is 0 Å². The van der Waals surface area contributed by atoms with Crippen LogP contribution in [0.2, 0.25) is 4.34 Å². The van der Waals surface area contributed by atoms with Gasteiger partial charge in [-0.15, -0.1) is 11.3 Å². The minimum atomic E-state index is -0.162. The van der Waals surface area contributed by atoms with Crippen molar-refractivity contribution in [1.82, 2.24) is 0 Å². The molecule has 2 rings (SSSR count). The zero-order chi connectivity index (χ0) is 14.5. The fourth-order valence-electron chi connectivity index (χ4n) is 1.67. The van der Waals surface area contributed by atoms with E-state index < -0.39 is 0 Å². The number of benzene rings is 1. The summed E-state index contributed by atoms with van der Waals surface area (Å²) in [7, 11) is 0. The Kier molecular flexibility index (Phi) is 4.93. The van der Waals surface area contributed by atoms with E-state index in [1.807, 2.05) is 31.2 Å². The Labute approximate surface area is 126 Å². The lowest BCUT2D eigenvalue weighted by atomic mass is 10.2. The highest BCUT2D eigenvalue weighted by molar-refractivity contribution is 7.18. The number of ketones is 1. The number of thiophene rings is 1. The maximum atomic E-state index is 11.8. The van der Waals surface area contributed by atoms with Crippen molar-refractivity contribution < 1.29 is 9.59 Å². The van der Waals surface area contributed by atoms with Crippen LogP contribution in [0.3, 0.4) is 0 Å². The number of aryl methyl sites for hydroxylation is 1. The van der Waals surface area contributed by atoms with Crippen LogP contribution >= 0.6 is 22.9 Å². The number of amides is 1. The molecule has 0 aliphatic heterocycles. The molecule has 0 saturated carbocycles. The lowest BCUT2D eigenvalue weighted by Crippen LogP contribution is -2.13. The van der Waals surface area contributed by atoms with E-state index in [9.17, 15) is 9.59 Å². The minimum absolute atomic E-state index is 0.0547. The van der Waals surface area contributed by atoms with Gasteiger partial charge in [0.1, 0.15) is 0 Å². The Hall–Kier alpha value is -1.65. The van der Waals surface area contributed by atoms with Crippen molar-refractivity contribution >= 4 is 40.3 Å². The molecule has 0 bridgehead atoms. The van der Waals surface area contributed by atoms with Crippen LogP contribution in [0.25, 0.3) is 0 Å². The van der Waals surface area contributed by atoms with Crippen molar-refractivity contribution in [1.29, 1.82) is 0 Å². The van der Waals surface area contributed by atoms with Gasteiger partial charge in [0.2, 0.25) is 5.91 Å². The van der Waals surface area contributed by atoms with Crippen molar-refractivity contribution in [3.8, 4) is 0 Å². The maximum Gasteiger partial charge on any atom is 0.224 e. The lowest BCUT2D eigenvalue weighted by Gasteiger charge is -2.04. The second kappa shape index (κ2) is 6.68. The van der Waals surface area contributed by atoms with Crippen LogP contribution < -0.4 is 5.32 Å². The van der Waals surface area contributed by atoms with Crippen molar-refractivity contribution in [2.45, 2.75) is 19.8 Å². The van der Waals surface area contributed by atoms with Crippen LogP contribution in [0.1, 0.15) is 28.1 Å². The highest BCUT2D eigenvalue weighted by atomic mass is 35.5. The number of rotatable bonds is 5. The fourth-order valence-corrected chi connectivity index (χ4v) is 2.69. The summed E-state index contributed by atoms with van der Waals surface area (Å²) < 4.78 is 0.581. The molecule has 0 unspecified atom stereocenters. The third-order valence-electron chi connectivity index (χ3n) is 2.76. The number of anilines is 1. The topological polar surface area (TPSA) is 46.2 Å². The third kappa shape index (κ3) is 4.18. The Balaban J connectivity index is 1.83. The summed E-state index contributed by atoms with van der Waals surface area (Å²) in [4.78, 5) is 24.2. The molecule has 0 aliphatic rings. The quantitative estimate of drug-likeness (QED) is 0.837. The predicted molar refractivity (Wildman–Crippen MR) is 82.7 cm³/mol. The van der Waals surface area contributed by atoms with E-state index in [4.69, 9.17) is 11.6 Å². The number of carbonyl (C=O) groups is 2. The summed E-state index contributed by atoms with van der Waals surface area (Å²) in [6.45, 7) is 1.98. The van der Waals surface area contributed by atoms with Crippen LogP contribution in [0.4, 0.5) is 5.69 Å². The second-order valence-corrected chi connectivity index (χ2v) is 6.16. The summed E-state index contributed by atoms with van der Waals surface area (Å²) in [6.07, 6.45) is 0.358. The van der Waals surface area contributed by atoms with E-state index in [1.54, 1.807) is 12.1 Å². The van der Waals surface area contributed by atoms with Crippen molar-refractivity contribution in [3.63, 3.8) is 0 Å². The minimum Gasteiger partial charge on any atom is -0.326 e. The molecule has 0 atom stereocenters. The van der Waals surface area contributed by atoms with Crippen LogP contribution in [0.15, 0.2) is 36.4 Å². The molecular formula is C15H14ClNO2S.